The van der Waals surface area contributed by atoms with Gasteiger partial charge in [0.05, 0.1) is 13.0 Å². The van der Waals surface area contributed by atoms with Crippen molar-refractivity contribution in [1.82, 2.24) is 9.62 Å². The number of piperidine rings is 1. The van der Waals surface area contributed by atoms with Gasteiger partial charge < -0.3 is 9.64 Å². The number of nitrogens with one attached hydrogen (secondary N) is 1. The number of amides is 1. The molecule has 1 aromatic heterocycles. The summed E-state index contributed by atoms with van der Waals surface area (Å²) in [5, 5.41) is 2.33. The van der Waals surface area contributed by atoms with Gasteiger partial charge in [-0.1, -0.05) is 23.7 Å². The summed E-state index contributed by atoms with van der Waals surface area (Å²) in [5.74, 6) is 0.647. The van der Waals surface area contributed by atoms with E-state index in [9.17, 15) is 13.2 Å². The molecular formula is C18H21ClN2O4S2. The van der Waals surface area contributed by atoms with E-state index in [1.165, 1.54) is 11.3 Å². The normalized spacial score (nSPS) is 15.7. The highest BCUT2D eigenvalue weighted by Crippen LogP contribution is 2.20. The predicted molar refractivity (Wildman–Crippen MR) is 106 cm³/mol. The van der Waals surface area contributed by atoms with Gasteiger partial charge in [0.25, 0.3) is 0 Å². The summed E-state index contributed by atoms with van der Waals surface area (Å²) in [5.41, 5.74) is 0. The highest BCUT2D eigenvalue weighted by atomic mass is 35.5. The zero-order valence-corrected chi connectivity index (χ0v) is 17.0. The van der Waals surface area contributed by atoms with Crippen molar-refractivity contribution < 1.29 is 17.9 Å². The van der Waals surface area contributed by atoms with Crippen molar-refractivity contribution in [3.63, 3.8) is 0 Å². The van der Waals surface area contributed by atoms with Crippen molar-refractivity contribution in [3.05, 3.63) is 46.8 Å². The number of hydrogen-bond donors (Lipinski definition) is 1. The molecule has 2 heterocycles. The largest absolute Gasteiger partial charge is 0.493 e. The number of benzene rings is 1. The molecule has 0 bridgehead atoms. The topological polar surface area (TPSA) is 75.7 Å². The standard InChI is InChI=1S/C18H21ClN2O4S2/c19-14-3-1-4-16(13-14)25-11-8-17(22)21-9-6-15(7-10-21)20-27(23,24)18-5-2-12-26-18/h1-5,12-13,15,20H,6-11H2. The molecular weight excluding hydrogens is 408 g/mol. The lowest BCUT2D eigenvalue weighted by Gasteiger charge is -2.32. The van der Waals surface area contributed by atoms with Crippen molar-refractivity contribution >= 4 is 38.9 Å². The molecule has 146 valence electrons. The Kier molecular flexibility index (Phi) is 6.75. The van der Waals surface area contributed by atoms with Crippen LogP contribution in [0.5, 0.6) is 5.75 Å². The van der Waals surface area contributed by atoms with Crippen molar-refractivity contribution in [2.75, 3.05) is 19.7 Å². The number of hydrogen-bond acceptors (Lipinski definition) is 5. The molecule has 1 aromatic carbocycles. The molecule has 6 nitrogen and oxygen atoms in total. The molecule has 1 fully saturated rings. The Labute approximate surface area is 168 Å². The fourth-order valence-corrected chi connectivity index (χ4v) is 5.41. The molecule has 27 heavy (non-hydrogen) atoms. The number of nitrogens with zero attached hydrogens (tertiary/aromatic N) is 1. The molecule has 3 rings (SSSR count). The van der Waals surface area contributed by atoms with Gasteiger partial charge in [-0.2, -0.15) is 0 Å². The van der Waals surface area contributed by atoms with Crippen molar-refractivity contribution in [3.8, 4) is 5.75 Å². The Balaban J connectivity index is 1.41. The fraction of sp³-hybridized carbons (Fsp3) is 0.389. The second-order valence-electron chi connectivity index (χ2n) is 6.26. The smallest absolute Gasteiger partial charge is 0.250 e. The second-order valence-corrected chi connectivity index (χ2v) is 9.59. The third-order valence-corrected chi connectivity index (χ3v) is 7.46. The summed E-state index contributed by atoms with van der Waals surface area (Å²) in [4.78, 5) is 14.1. The summed E-state index contributed by atoms with van der Waals surface area (Å²) >= 11 is 7.09. The molecule has 9 heteroatoms. The van der Waals surface area contributed by atoms with Crippen LogP contribution in [0.25, 0.3) is 0 Å². The maximum atomic E-state index is 12.3. The number of thiophene rings is 1. The van der Waals surface area contributed by atoms with Gasteiger partial charge in [-0.15, -0.1) is 11.3 Å². The molecule has 1 saturated heterocycles. The fourth-order valence-electron chi connectivity index (χ4n) is 2.91. The minimum absolute atomic E-state index is 0.0107. The molecule has 1 amide bonds. The summed E-state index contributed by atoms with van der Waals surface area (Å²) in [6.07, 6.45) is 1.48. The summed E-state index contributed by atoms with van der Waals surface area (Å²) in [6, 6.07) is 10.2. The average molecular weight is 429 g/mol. The van der Waals surface area contributed by atoms with E-state index in [1.807, 2.05) is 0 Å². The third kappa shape index (κ3) is 5.68. The first-order valence-corrected chi connectivity index (χ1v) is 11.4. The van der Waals surface area contributed by atoms with Crippen LogP contribution < -0.4 is 9.46 Å². The van der Waals surface area contributed by atoms with Gasteiger partial charge in [0.1, 0.15) is 9.96 Å². The molecule has 0 spiro atoms. The quantitative estimate of drug-likeness (QED) is 0.735. The predicted octanol–water partition coefficient (Wildman–Crippen LogP) is 3.14. The minimum Gasteiger partial charge on any atom is -0.493 e. The lowest BCUT2D eigenvalue weighted by Crippen LogP contribution is -2.46. The van der Waals surface area contributed by atoms with Gasteiger partial charge in [0, 0.05) is 24.2 Å². The van der Waals surface area contributed by atoms with E-state index in [1.54, 1.807) is 46.7 Å². The van der Waals surface area contributed by atoms with Crippen LogP contribution in [-0.2, 0) is 14.8 Å². The van der Waals surface area contributed by atoms with E-state index < -0.39 is 10.0 Å². The molecule has 1 N–H and O–H groups in total. The molecule has 0 radical (unpaired) electrons. The van der Waals surface area contributed by atoms with Crippen LogP contribution in [0.2, 0.25) is 5.02 Å². The lowest BCUT2D eigenvalue weighted by atomic mass is 10.1. The zero-order valence-electron chi connectivity index (χ0n) is 14.6. The third-order valence-electron chi connectivity index (χ3n) is 4.31. The van der Waals surface area contributed by atoms with Gasteiger partial charge in [-0.25, -0.2) is 13.1 Å². The SMILES string of the molecule is O=C(CCOc1cccc(Cl)c1)N1CCC(NS(=O)(=O)c2cccs2)CC1. The number of ether oxygens (including phenoxy) is 1. The molecule has 2 aromatic rings. The molecule has 1 aliphatic heterocycles. The maximum absolute atomic E-state index is 12.3. The van der Waals surface area contributed by atoms with Gasteiger partial charge >= 0.3 is 0 Å². The average Bonchev–Trinajstić information content (AvgIpc) is 3.18. The van der Waals surface area contributed by atoms with E-state index >= 15 is 0 Å². The van der Waals surface area contributed by atoms with E-state index in [4.69, 9.17) is 16.3 Å². The summed E-state index contributed by atoms with van der Waals surface area (Å²) in [6.45, 7) is 1.35. The first kappa shape index (κ1) is 20.1. The van der Waals surface area contributed by atoms with Gasteiger partial charge in [-0.05, 0) is 42.5 Å². The molecule has 0 saturated carbocycles. The van der Waals surface area contributed by atoms with Gasteiger partial charge in [-0.3, -0.25) is 4.79 Å². The van der Waals surface area contributed by atoms with Crippen molar-refractivity contribution in [2.45, 2.75) is 29.5 Å². The monoisotopic (exact) mass is 428 g/mol. The van der Waals surface area contributed by atoms with E-state index in [2.05, 4.69) is 4.72 Å². The van der Waals surface area contributed by atoms with Gasteiger partial charge in [0.2, 0.25) is 15.9 Å². The Bertz CT molecular complexity index is 863. The molecule has 1 aliphatic rings. The van der Waals surface area contributed by atoms with Gasteiger partial charge in [0.15, 0.2) is 0 Å². The lowest BCUT2D eigenvalue weighted by molar-refractivity contribution is -0.132. The first-order chi connectivity index (χ1) is 12.9. The Morgan fingerprint density at radius 1 is 1.26 bits per heavy atom. The Morgan fingerprint density at radius 2 is 2.04 bits per heavy atom. The van der Waals surface area contributed by atoms with E-state index in [0.29, 0.717) is 40.9 Å². The van der Waals surface area contributed by atoms with Crippen LogP contribution in [0, 0.1) is 0 Å². The second kappa shape index (κ2) is 9.05. The number of sulfonamides is 1. The first-order valence-electron chi connectivity index (χ1n) is 8.66. The number of carbonyl (C=O) groups is 1. The highest BCUT2D eigenvalue weighted by molar-refractivity contribution is 7.91. The van der Waals surface area contributed by atoms with Crippen LogP contribution in [0.4, 0.5) is 0 Å². The number of rotatable bonds is 7. The van der Waals surface area contributed by atoms with Crippen LogP contribution in [0.3, 0.4) is 0 Å². The van der Waals surface area contributed by atoms with Crippen LogP contribution in [0.15, 0.2) is 46.0 Å². The van der Waals surface area contributed by atoms with Crippen LogP contribution >= 0.6 is 22.9 Å². The molecule has 0 atom stereocenters. The van der Waals surface area contributed by atoms with E-state index in [-0.39, 0.29) is 25.0 Å². The van der Waals surface area contributed by atoms with E-state index in [0.717, 1.165) is 0 Å². The minimum atomic E-state index is -3.47. The highest BCUT2D eigenvalue weighted by Gasteiger charge is 2.26. The summed E-state index contributed by atoms with van der Waals surface area (Å²) in [7, 11) is -3.47. The van der Waals surface area contributed by atoms with Crippen molar-refractivity contribution in [1.29, 1.82) is 0 Å². The number of carbonyl (C=O) groups excluding carboxylic acids is 1. The van der Waals surface area contributed by atoms with Crippen LogP contribution in [0.1, 0.15) is 19.3 Å². The van der Waals surface area contributed by atoms with Crippen LogP contribution in [-0.4, -0.2) is 45.0 Å². The number of halogens is 1. The zero-order chi connectivity index (χ0) is 19.3. The molecule has 0 unspecified atom stereocenters. The maximum Gasteiger partial charge on any atom is 0.250 e. The summed E-state index contributed by atoms with van der Waals surface area (Å²) < 4.78 is 33.1. The Hall–Kier alpha value is -1.61. The Morgan fingerprint density at radius 3 is 2.70 bits per heavy atom. The molecule has 0 aliphatic carbocycles. The van der Waals surface area contributed by atoms with Crippen molar-refractivity contribution in [2.24, 2.45) is 0 Å². The number of likely N-dealkylation sites (tertiary alicyclic amines) is 1.